The van der Waals surface area contributed by atoms with Crippen molar-refractivity contribution in [2.45, 2.75) is 59.5 Å². The molecule has 1 N–H and O–H groups in total. The Morgan fingerprint density at radius 3 is 2.38 bits per heavy atom. The molecule has 2 nitrogen and oxygen atoms in total. The Labute approximate surface area is 130 Å². The predicted octanol–water partition coefficient (Wildman–Crippen LogP) is 4.45. The third kappa shape index (κ3) is 5.03. The van der Waals surface area contributed by atoms with Gasteiger partial charge in [0.1, 0.15) is 0 Å². The minimum atomic E-state index is 0.545. The molecule has 0 aromatic heterocycles. The van der Waals surface area contributed by atoms with E-state index in [4.69, 9.17) is 0 Å². The van der Waals surface area contributed by atoms with Gasteiger partial charge in [-0.25, -0.2) is 0 Å². The van der Waals surface area contributed by atoms with Gasteiger partial charge in [0.25, 0.3) is 0 Å². The van der Waals surface area contributed by atoms with Gasteiger partial charge in [0.15, 0.2) is 0 Å². The van der Waals surface area contributed by atoms with Crippen molar-refractivity contribution in [1.29, 1.82) is 0 Å². The molecule has 1 fully saturated rings. The highest BCUT2D eigenvalue weighted by Crippen LogP contribution is 2.27. The maximum Gasteiger partial charge on any atom is 0.0366 e. The molecule has 0 spiro atoms. The molecule has 21 heavy (non-hydrogen) atoms. The third-order valence-electron chi connectivity index (χ3n) is 4.73. The van der Waals surface area contributed by atoms with E-state index in [2.05, 4.69) is 62.2 Å². The Balaban J connectivity index is 1.92. The van der Waals surface area contributed by atoms with Crippen LogP contribution < -0.4 is 10.2 Å². The van der Waals surface area contributed by atoms with E-state index in [9.17, 15) is 0 Å². The molecule has 2 rings (SSSR count). The van der Waals surface area contributed by atoms with Crippen LogP contribution in [0.1, 0.15) is 52.5 Å². The Morgan fingerprint density at radius 2 is 1.76 bits per heavy atom. The van der Waals surface area contributed by atoms with Crippen LogP contribution in [0, 0.1) is 11.8 Å². The molecular weight excluding hydrogens is 256 g/mol. The highest BCUT2D eigenvalue weighted by atomic mass is 15.1. The number of nitrogens with one attached hydrogen (secondary N) is 1. The molecular formula is C19H32N2. The molecule has 1 aliphatic rings. The third-order valence-corrected chi connectivity index (χ3v) is 4.73. The SMILES string of the molecule is CC(C)NCc1ccc(N2CCCC(C(C)C)CC2)cc1. The highest BCUT2D eigenvalue weighted by molar-refractivity contribution is 5.47. The van der Waals surface area contributed by atoms with Crippen LogP contribution in [0.15, 0.2) is 24.3 Å². The lowest BCUT2D eigenvalue weighted by Crippen LogP contribution is -2.25. The van der Waals surface area contributed by atoms with Crippen LogP contribution in [0.25, 0.3) is 0 Å². The molecule has 1 aromatic carbocycles. The molecule has 1 unspecified atom stereocenters. The minimum Gasteiger partial charge on any atom is -0.372 e. The fraction of sp³-hybridized carbons (Fsp3) is 0.684. The van der Waals surface area contributed by atoms with Crippen molar-refractivity contribution < 1.29 is 0 Å². The summed E-state index contributed by atoms with van der Waals surface area (Å²) in [6.07, 6.45) is 4.07. The van der Waals surface area contributed by atoms with Gasteiger partial charge in [0, 0.05) is 31.4 Å². The van der Waals surface area contributed by atoms with E-state index >= 15 is 0 Å². The molecule has 0 amide bonds. The molecule has 118 valence electrons. The van der Waals surface area contributed by atoms with Crippen LogP contribution in [-0.2, 0) is 6.54 Å². The van der Waals surface area contributed by atoms with Crippen molar-refractivity contribution in [1.82, 2.24) is 5.32 Å². The minimum absolute atomic E-state index is 0.545. The van der Waals surface area contributed by atoms with Crippen molar-refractivity contribution in [2.75, 3.05) is 18.0 Å². The van der Waals surface area contributed by atoms with Gasteiger partial charge >= 0.3 is 0 Å². The predicted molar refractivity (Wildman–Crippen MR) is 92.8 cm³/mol. The molecule has 1 atom stereocenters. The second-order valence-corrected chi connectivity index (χ2v) is 7.12. The first-order valence-electron chi connectivity index (χ1n) is 8.63. The van der Waals surface area contributed by atoms with Gasteiger partial charge < -0.3 is 10.2 Å². The zero-order valence-electron chi connectivity index (χ0n) is 14.2. The molecule has 0 aliphatic carbocycles. The van der Waals surface area contributed by atoms with Crippen molar-refractivity contribution in [3.05, 3.63) is 29.8 Å². The molecule has 1 aromatic rings. The second kappa shape index (κ2) is 7.84. The van der Waals surface area contributed by atoms with Gasteiger partial charge in [0.2, 0.25) is 0 Å². The van der Waals surface area contributed by atoms with Gasteiger partial charge in [-0.2, -0.15) is 0 Å². The quantitative estimate of drug-likeness (QED) is 0.861. The fourth-order valence-corrected chi connectivity index (χ4v) is 3.19. The summed E-state index contributed by atoms with van der Waals surface area (Å²) in [4.78, 5) is 2.57. The average Bonchev–Trinajstić information content (AvgIpc) is 2.71. The van der Waals surface area contributed by atoms with E-state index in [-0.39, 0.29) is 0 Å². The van der Waals surface area contributed by atoms with Crippen molar-refractivity contribution in [3.8, 4) is 0 Å². The van der Waals surface area contributed by atoms with Gasteiger partial charge in [-0.15, -0.1) is 0 Å². The van der Waals surface area contributed by atoms with Crippen molar-refractivity contribution in [3.63, 3.8) is 0 Å². The zero-order chi connectivity index (χ0) is 15.2. The van der Waals surface area contributed by atoms with Gasteiger partial charge in [-0.3, -0.25) is 0 Å². The Kier molecular flexibility index (Phi) is 6.10. The van der Waals surface area contributed by atoms with Gasteiger partial charge in [-0.1, -0.05) is 39.8 Å². The zero-order valence-corrected chi connectivity index (χ0v) is 14.2. The monoisotopic (exact) mass is 288 g/mol. The summed E-state index contributed by atoms with van der Waals surface area (Å²) in [6, 6.07) is 9.69. The van der Waals surface area contributed by atoms with Crippen molar-refractivity contribution >= 4 is 5.69 Å². The van der Waals surface area contributed by atoms with E-state index in [0.29, 0.717) is 6.04 Å². The lowest BCUT2D eigenvalue weighted by molar-refractivity contribution is 0.351. The standard InChI is InChI=1S/C19H32N2/c1-15(2)18-6-5-12-21(13-11-18)19-9-7-17(8-10-19)14-20-16(3)4/h7-10,15-16,18,20H,5-6,11-14H2,1-4H3. The largest absolute Gasteiger partial charge is 0.372 e. The number of hydrogen-bond donors (Lipinski definition) is 1. The smallest absolute Gasteiger partial charge is 0.0366 e. The number of benzene rings is 1. The summed E-state index contributed by atoms with van der Waals surface area (Å²) in [5.41, 5.74) is 2.77. The highest BCUT2D eigenvalue weighted by Gasteiger charge is 2.19. The summed E-state index contributed by atoms with van der Waals surface area (Å²) in [5, 5.41) is 3.48. The first-order chi connectivity index (χ1) is 10.1. The normalized spacial score (nSPS) is 20.1. The lowest BCUT2D eigenvalue weighted by atomic mass is 9.89. The Morgan fingerprint density at radius 1 is 1.05 bits per heavy atom. The average molecular weight is 288 g/mol. The summed E-state index contributed by atoms with van der Waals surface area (Å²) in [6.45, 7) is 12.5. The van der Waals surface area contributed by atoms with Crippen LogP contribution in [0.5, 0.6) is 0 Å². The van der Waals surface area contributed by atoms with Crippen LogP contribution in [0.2, 0.25) is 0 Å². The van der Waals surface area contributed by atoms with Crippen molar-refractivity contribution in [2.24, 2.45) is 11.8 Å². The second-order valence-electron chi connectivity index (χ2n) is 7.12. The molecule has 1 heterocycles. The first kappa shape index (κ1) is 16.4. The summed E-state index contributed by atoms with van der Waals surface area (Å²) >= 11 is 0. The van der Waals surface area contributed by atoms with E-state index in [1.165, 1.54) is 43.6 Å². The van der Waals surface area contributed by atoms with E-state index in [0.717, 1.165) is 18.4 Å². The summed E-state index contributed by atoms with van der Waals surface area (Å²) < 4.78 is 0. The first-order valence-corrected chi connectivity index (χ1v) is 8.63. The number of hydrogen-bond acceptors (Lipinski definition) is 2. The van der Waals surface area contributed by atoms with E-state index < -0.39 is 0 Å². The molecule has 1 aliphatic heterocycles. The molecule has 0 saturated carbocycles. The van der Waals surface area contributed by atoms with Crippen LogP contribution in [-0.4, -0.2) is 19.1 Å². The summed E-state index contributed by atoms with van der Waals surface area (Å²) in [5.74, 6) is 1.74. The number of anilines is 1. The Hall–Kier alpha value is -1.02. The van der Waals surface area contributed by atoms with E-state index in [1.807, 2.05) is 0 Å². The topological polar surface area (TPSA) is 15.3 Å². The number of rotatable bonds is 5. The maximum atomic E-state index is 3.48. The van der Waals surface area contributed by atoms with Crippen LogP contribution >= 0.6 is 0 Å². The van der Waals surface area contributed by atoms with Crippen LogP contribution in [0.4, 0.5) is 5.69 Å². The molecule has 2 heteroatoms. The molecule has 0 bridgehead atoms. The van der Waals surface area contributed by atoms with Gasteiger partial charge in [-0.05, 0) is 48.8 Å². The molecule has 1 saturated heterocycles. The fourth-order valence-electron chi connectivity index (χ4n) is 3.19. The van der Waals surface area contributed by atoms with Crippen LogP contribution in [0.3, 0.4) is 0 Å². The van der Waals surface area contributed by atoms with E-state index in [1.54, 1.807) is 0 Å². The summed E-state index contributed by atoms with van der Waals surface area (Å²) in [7, 11) is 0. The number of nitrogens with zero attached hydrogens (tertiary/aromatic N) is 1. The molecule has 0 radical (unpaired) electrons. The maximum absolute atomic E-state index is 3.48. The van der Waals surface area contributed by atoms with Gasteiger partial charge in [0.05, 0.1) is 0 Å². The Bertz CT molecular complexity index is 408. The lowest BCUT2D eigenvalue weighted by Gasteiger charge is -2.24.